The second kappa shape index (κ2) is 4.65. The highest BCUT2D eigenvalue weighted by atomic mass is 15.3. The van der Waals surface area contributed by atoms with Gasteiger partial charge in [-0.3, -0.25) is 0 Å². The fourth-order valence-corrected chi connectivity index (χ4v) is 1.88. The van der Waals surface area contributed by atoms with Gasteiger partial charge in [-0.1, -0.05) is 6.92 Å². The Morgan fingerprint density at radius 1 is 1.25 bits per heavy atom. The summed E-state index contributed by atoms with van der Waals surface area (Å²) in [7, 11) is 2.14. The number of rotatable bonds is 2. The third-order valence-corrected chi connectivity index (χ3v) is 2.97. The van der Waals surface area contributed by atoms with Crippen LogP contribution in [0.15, 0.2) is 6.07 Å². The van der Waals surface area contributed by atoms with E-state index in [1.165, 1.54) is 0 Å². The molecule has 0 aliphatic carbocycles. The van der Waals surface area contributed by atoms with Crippen LogP contribution in [0.1, 0.15) is 12.6 Å². The molecule has 0 atom stereocenters. The number of hydrogen-bond donors (Lipinski definition) is 1. The quantitative estimate of drug-likeness (QED) is 0.782. The zero-order valence-corrected chi connectivity index (χ0v) is 9.98. The van der Waals surface area contributed by atoms with Crippen molar-refractivity contribution in [2.75, 3.05) is 43.9 Å². The Labute approximate surface area is 96.3 Å². The van der Waals surface area contributed by atoms with Crippen LogP contribution < -0.4 is 10.6 Å². The van der Waals surface area contributed by atoms with Crippen molar-refractivity contribution in [3.63, 3.8) is 0 Å². The summed E-state index contributed by atoms with van der Waals surface area (Å²) >= 11 is 0. The Kier molecular flexibility index (Phi) is 3.24. The molecular formula is C11H19N5. The van der Waals surface area contributed by atoms with E-state index in [-0.39, 0.29) is 0 Å². The Morgan fingerprint density at radius 2 is 1.94 bits per heavy atom. The molecule has 1 fully saturated rings. The van der Waals surface area contributed by atoms with Gasteiger partial charge in [-0.15, -0.1) is 0 Å². The Morgan fingerprint density at radius 3 is 2.56 bits per heavy atom. The molecule has 0 aromatic carbocycles. The summed E-state index contributed by atoms with van der Waals surface area (Å²) in [5.74, 6) is 1.35. The summed E-state index contributed by atoms with van der Waals surface area (Å²) in [6.45, 7) is 6.25. The van der Waals surface area contributed by atoms with Crippen LogP contribution in [0.25, 0.3) is 0 Å². The van der Waals surface area contributed by atoms with Crippen molar-refractivity contribution in [3.8, 4) is 0 Å². The molecule has 2 heterocycles. The topological polar surface area (TPSA) is 58.3 Å². The van der Waals surface area contributed by atoms with Gasteiger partial charge >= 0.3 is 0 Å². The summed E-state index contributed by atoms with van der Waals surface area (Å²) in [5.41, 5.74) is 6.72. The second-order valence-corrected chi connectivity index (χ2v) is 4.22. The summed E-state index contributed by atoms with van der Waals surface area (Å²) in [6, 6.07) is 2.04. The Bertz CT molecular complexity index is 357. The predicted octanol–water partition coefficient (Wildman–Crippen LogP) is 0.373. The van der Waals surface area contributed by atoms with Gasteiger partial charge in [0, 0.05) is 37.9 Å². The van der Waals surface area contributed by atoms with Gasteiger partial charge < -0.3 is 15.5 Å². The lowest BCUT2D eigenvalue weighted by molar-refractivity contribution is 0.312. The molecule has 0 unspecified atom stereocenters. The molecule has 1 aliphatic rings. The van der Waals surface area contributed by atoms with E-state index in [1.807, 2.05) is 6.07 Å². The molecule has 5 nitrogen and oxygen atoms in total. The number of nitrogens with zero attached hydrogens (tertiary/aromatic N) is 4. The third kappa shape index (κ3) is 2.41. The van der Waals surface area contributed by atoms with Crippen LogP contribution in [0.2, 0.25) is 0 Å². The average Bonchev–Trinajstić information content (AvgIpc) is 2.29. The van der Waals surface area contributed by atoms with Gasteiger partial charge in [0.2, 0.25) is 5.95 Å². The number of piperazine rings is 1. The van der Waals surface area contributed by atoms with E-state index in [2.05, 4.69) is 33.7 Å². The lowest BCUT2D eigenvalue weighted by Crippen LogP contribution is -2.44. The van der Waals surface area contributed by atoms with Gasteiger partial charge in [0.15, 0.2) is 0 Å². The second-order valence-electron chi connectivity index (χ2n) is 4.22. The van der Waals surface area contributed by atoms with Crippen molar-refractivity contribution >= 4 is 11.8 Å². The fourth-order valence-electron chi connectivity index (χ4n) is 1.88. The van der Waals surface area contributed by atoms with Crippen LogP contribution in [-0.4, -0.2) is 48.1 Å². The highest BCUT2D eigenvalue weighted by molar-refractivity contribution is 5.44. The predicted molar refractivity (Wildman–Crippen MR) is 65.5 cm³/mol. The van der Waals surface area contributed by atoms with E-state index in [1.54, 1.807) is 0 Å². The monoisotopic (exact) mass is 221 g/mol. The summed E-state index contributed by atoms with van der Waals surface area (Å²) in [5, 5.41) is 0. The van der Waals surface area contributed by atoms with Crippen LogP contribution >= 0.6 is 0 Å². The molecule has 2 rings (SSSR count). The first kappa shape index (κ1) is 11.1. The molecule has 1 aromatic heterocycles. The number of nitrogens with two attached hydrogens (primary N) is 1. The maximum Gasteiger partial charge on any atom is 0.222 e. The molecule has 0 bridgehead atoms. The standard InChI is InChI=1S/C11H19N5/c1-3-9-8-10(14-11(12)13-9)16-6-4-15(2)5-7-16/h8H,3-7H2,1-2H3,(H2,12,13,14). The molecule has 2 N–H and O–H groups in total. The van der Waals surface area contributed by atoms with Crippen LogP contribution in [0.5, 0.6) is 0 Å². The maximum atomic E-state index is 5.71. The Hall–Kier alpha value is -1.36. The van der Waals surface area contributed by atoms with Crippen molar-refractivity contribution in [3.05, 3.63) is 11.8 Å². The first-order valence-corrected chi connectivity index (χ1v) is 5.76. The highest BCUT2D eigenvalue weighted by Gasteiger charge is 2.16. The van der Waals surface area contributed by atoms with Crippen LogP contribution in [0.3, 0.4) is 0 Å². The van der Waals surface area contributed by atoms with Crippen molar-refractivity contribution in [1.29, 1.82) is 0 Å². The molecule has 88 valence electrons. The molecule has 16 heavy (non-hydrogen) atoms. The molecule has 0 radical (unpaired) electrons. The number of anilines is 2. The summed E-state index contributed by atoms with van der Waals surface area (Å²) in [4.78, 5) is 13.1. The van der Waals surface area contributed by atoms with Gasteiger partial charge in [-0.25, -0.2) is 4.98 Å². The zero-order valence-electron chi connectivity index (χ0n) is 9.98. The minimum absolute atomic E-state index is 0.383. The molecule has 5 heteroatoms. The van der Waals surface area contributed by atoms with Crippen LogP contribution in [0, 0.1) is 0 Å². The lowest BCUT2D eigenvalue weighted by Gasteiger charge is -2.33. The van der Waals surface area contributed by atoms with E-state index in [9.17, 15) is 0 Å². The number of likely N-dealkylation sites (N-methyl/N-ethyl adjacent to an activating group) is 1. The lowest BCUT2D eigenvalue weighted by atomic mass is 10.3. The molecule has 1 aliphatic heterocycles. The van der Waals surface area contributed by atoms with Crippen molar-refractivity contribution in [2.45, 2.75) is 13.3 Å². The fraction of sp³-hybridized carbons (Fsp3) is 0.636. The molecule has 0 spiro atoms. The van der Waals surface area contributed by atoms with Crippen LogP contribution in [-0.2, 0) is 6.42 Å². The number of hydrogen-bond acceptors (Lipinski definition) is 5. The summed E-state index contributed by atoms with van der Waals surface area (Å²) in [6.07, 6.45) is 0.896. The normalized spacial score (nSPS) is 17.8. The minimum Gasteiger partial charge on any atom is -0.368 e. The zero-order chi connectivity index (χ0) is 11.5. The Balaban J connectivity index is 2.16. The van der Waals surface area contributed by atoms with E-state index in [0.29, 0.717) is 5.95 Å². The van der Waals surface area contributed by atoms with Gasteiger partial charge in [0.1, 0.15) is 5.82 Å². The van der Waals surface area contributed by atoms with Gasteiger partial charge in [-0.05, 0) is 13.5 Å². The molecular weight excluding hydrogens is 202 g/mol. The van der Waals surface area contributed by atoms with E-state index < -0.39 is 0 Å². The first-order chi connectivity index (χ1) is 7.69. The average molecular weight is 221 g/mol. The van der Waals surface area contributed by atoms with Gasteiger partial charge in [-0.2, -0.15) is 4.98 Å². The SMILES string of the molecule is CCc1cc(N2CCN(C)CC2)nc(N)n1. The van der Waals surface area contributed by atoms with Gasteiger partial charge in [0.05, 0.1) is 0 Å². The van der Waals surface area contributed by atoms with Crippen molar-refractivity contribution in [2.24, 2.45) is 0 Å². The van der Waals surface area contributed by atoms with E-state index in [0.717, 1.165) is 44.1 Å². The molecule has 1 aromatic rings. The molecule has 0 amide bonds. The maximum absolute atomic E-state index is 5.71. The van der Waals surface area contributed by atoms with Crippen molar-refractivity contribution < 1.29 is 0 Å². The number of aryl methyl sites for hydroxylation is 1. The first-order valence-electron chi connectivity index (χ1n) is 5.76. The number of nitrogen functional groups attached to an aromatic ring is 1. The smallest absolute Gasteiger partial charge is 0.222 e. The minimum atomic E-state index is 0.383. The number of aromatic nitrogens is 2. The molecule has 1 saturated heterocycles. The van der Waals surface area contributed by atoms with E-state index in [4.69, 9.17) is 5.73 Å². The molecule has 0 saturated carbocycles. The van der Waals surface area contributed by atoms with E-state index >= 15 is 0 Å². The van der Waals surface area contributed by atoms with Gasteiger partial charge in [0.25, 0.3) is 0 Å². The van der Waals surface area contributed by atoms with Crippen LogP contribution in [0.4, 0.5) is 11.8 Å². The highest BCUT2D eigenvalue weighted by Crippen LogP contribution is 2.15. The largest absolute Gasteiger partial charge is 0.368 e. The summed E-state index contributed by atoms with van der Waals surface area (Å²) < 4.78 is 0. The van der Waals surface area contributed by atoms with Crippen molar-refractivity contribution in [1.82, 2.24) is 14.9 Å². The third-order valence-electron chi connectivity index (χ3n) is 2.97.